The van der Waals surface area contributed by atoms with Gasteiger partial charge in [-0.2, -0.15) is 0 Å². The topological polar surface area (TPSA) is 54.3 Å². The van der Waals surface area contributed by atoms with E-state index in [9.17, 15) is 9.59 Å². The van der Waals surface area contributed by atoms with Crippen molar-refractivity contribution in [3.8, 4) is 0 Å². The van der Waals surface area contributed by atoms with E-state index in [0.717, 1.165) is 31.6 Å². The highest BCUT2D eigenvalue weighted by atomic mass is 35.5. The van der Waals surface area contributed by atoms with E-state index in [1.807, 2.05) is 36.4 Å². The standard InChI is InChI=1S/C24H24ClN3O2/c25-22-9-5-4-8-19(22)15-28-16-20(10-11-23(28)29)24(30)26-21-12-13-27(17-21)14-18-6-2-1-3-7-18/h1-11,16,21H,12-15,17H2,(H,26,30). The molecule has 0 aliphatic carbocycles. The summed E-state index contributed by atoms with van der Waals surface area (Å²) in [6.45, 7) is 2.98. The molecule has 1 aliphatic heterocycles. The van der Waals surface area contributed by atoms with Gasteiger partial charge in [0.2, 0.25) is 0 Å². The summed E-state index contributed by atoms with van der Waals surface area (Å²) in [6.07, 6.45) is 2.52. The molecule has 1 saturated heterocycles. The van der Waals surface area contributed by atoms with Crippen LogP contribution in [0.2, 0.25) is 5.02 Å². The van der Waals surface area contributed by atoms with Crippen LogP contribution in [0.3, 0.4) is 0 Å². The maximum Gasteiger partial charge on any atom is 0.253 e. The molecule has 1 N–H and O–H groups in total. The second kappa shape index (κ2) is 9.28. The van der Waals surface area contributed by atoms with Crippen LogP contribution in [-0.4, -0.2) is 34.5 Å². The highest BCUT2D eigenvalue weighted by Gasteiger charge is 2.24. The van der Waals surface area contributed by atoms with Gasteiger partial charge >= 0.3 is 0 Å². The Morgan fingerprint density at radius 2 is 1.77 bits per heavy atom. The van der Waals surface area contributed by atoms with Crippen molar-refractivity contribution >= 4 is 17.5 Å². The third kappa shape index (κ3) is 4.99. The Balaban J connectivity index is 1.39. The molecule has 30 heavy (non-hydrogen) atoms. The van der Waals surface area contributed by atoms with Gasteiger partial charge in [-0.25, -0.2) is 0 Å². The van der Waals surface area contributed by atoms with Crippen molar-refractivity contribution in [2.75, 3.05) is 13.1 Å². The van der Waals surface area contributed by atoms with Crippen molar-refractivity contribution in [1.82, 2.24) is 14.8 Å². The van der Waals surface area contributed by atoms with Crippen LogP contribution < -0.4 is 10.9 Å². The monoisotopic (exact) mass is 421 g/mol. The molecule has 0 radical (unpaired) electrons. The first-order valence-electron chi connectivity index (χ1n) is 10.1. The zero-order chi connectivity index (χ0) is 20.9. The number of hydrogen-bond acceptors (Lipinski definition) is 3. The molecule has 1 fully saturated rings. The van der Waals surface area contributed by atoms with Gasteiger partial charge in [-0.3, -0.25) is 14.5 Å². The molecular weight excluding hydrogens is 398 g/mol. The minimum absolute atomic E-state index is 0.102. The molecule has 1 amide bonds. The first kappa shape index (κ1) is 20.4. The zero-order valence-corrected chi connectivity index (χ0v) is 17.4. The third-order valence-electron chi connectivity index (χ3n) is 5.40. The number of amides is 1. The number of nitrogens with one attached hydrogen (secondary N) is 1. The quantitative estimate of drug-likeness (QED) is 0.662. The molecule has 0 spiro atoms. The van der Waals surface area contributed by atoms with E-state index < -0.39 is 0 Å². The number of pyridine rings is 1. The van der Waals surface area contributed by atoms with Crippen molar-refractivity contribution in [1.29, 1.82) is 0 Å². The molecule has 5 nitrogen and oxygen atoms in total. The lowest BCUT2D eigenvalue weighted by Crippen LogP contribution is -2.37. The lowest BCUT2D eigenvalue weighted by atomic mass is 10.2. The van der Waals surface area contributed by atoms with E-state index in [2.05, 4.69) is 22.3 Å². The van der Waals surface area contributed by atoms with Crippen LogP contribution in [0.4, 0.5) is 0 Å². The smallest absolute Gasteiger partial charge is 0.253 e. The molecule has 3 aromatic rings. The highest BCUT2D eigenvalue weighted by Crippen LogP contribution is 2.16. The summed E-state index contributed by atoms with van der Waals surface area (Å²) in [7, 11) is 0. The van der Waals surface area contributed by atoms with Crippen molar-refractivity contribution in [2.24, 2.45) is 0 Å². The number of nitrogens with zero attached hydrogens (tertiary/aromatic N) is 2. The van der Waals surface area contributed by atoms with Crippen molar-refractivity contribution in [2.45, 2.75) is 25.6 Å². The normalized spacial score (nSPS) is 16.5. The maximum absolute atomic E-state index is 12.8. The highest BCUT2D eigenvalue weighted by molar-refractivity contribution is 6.31. The number of aromatic nitrogens is 1. The molecule has 2 heterocycles. The Hall–Kier alpha value is -2.89. The Morgan fingerprint density at radius 3 is 2.57 bits per heavy atom. The number of benzene rings is 2. The van der Waals surface area contributed by atoms with Crippen LogP contribution >= 0.6 is 11.6 Å². The summed E-state index contributed by atoms with van der Waals surface area (Å²) in [6, 6.07) is 20.9. The number of hydrogen-bond donors (Lipinski definition) is 1. The molecule has 1 aromatic heterocycles. The summed E-state index contributed by atoms with van der Waals surface area (Å²) in [5.41, 5.74) is 2.42. The summed E-state index contributed by atoms with van der Waals surface area (Å²) in [5, 5.41) is 3.71. The van der Waals surface area contributed by atoms with Crippen LogP contribution in [0.1, 0.15) is 27.9 Å². The fourth-order valence-corrected chi connectivity index (χ4v) is 4.00. The average Bonchev–Trinajstić information content (AvgIpc) is 3.18. The molecule has 1 aliphatic rings. The zero-order valence-electron chi connectivity index (χ0n) is 16.6. The first-order valence-corrected chi connectivity index (χ1v) is 10.5. The Morgan fingerprint density at radius 1 is 1.00 bits per heavy atom. The van der Waals surface area contributed by atoms with Crippen LogP contribution in [0, 0.1) is 0 Å². The Kier molecular flexibility index (Phi) is 6.31. The Bertz CT molecular complexity index is 1080. The van der Waals surface area contributed by atoms with Gasteiger partial charge in [0.05, 0.1) is 12.1 Å². The fraction of sp³-hybridized carbons (Fsp3) is 0.250. The number of carbonyl (C=O) groups excluding carboxylic acids is 1. The van der Waals surface area contributed by atoms with Crippen LogP contribution in [0.5, 0.6) is 0 Å². The second-order valence-electron chi connectivity index (χ2n) is 7.66. The summed E-state index contributed by atoms with van der Waals surface area (Å²) in [5.74, 6) is -0.158. The predicted molar refractivity (Wildman–Crippen MR) is 119 cm³/mol. The molecule has 154 valence electrons. The van der Waals surface area contributed by atoms with Gasteiger partial charge in [0, 0.05) is 43.0 Å². The SMILES string of the molecule is O=C(NC1CCN(Cc2ccccc2)C1)c1ccc(=O)n(Cc2ccccc2Cl)c1. The average molecular weight is 422 g/mol. The third-order valence-corrected chi connectivity index (χ3v) is 5.77. The summed E-state index contributed by atoms with van der Waals surface area (Å²) < 4.78 is 1.52. The molecule has 6 heteroatoms. The number of rotatable bonds is 6. The number of likely N-dealkylation sites (tertiary alicyclic amines) is 1. The van der Waals surface area contributed by atoms with Gasteiger partial charge < -0.3 is 9.88 Å². The summed E-state index contributed by atoms with van der Waals surface area (Å²) in [4.78, 5) is 27.4. The fourth-order valence-electron chi connectivity index (χ4n) is 3.80. The number of carbonyl (C=O) groups is 1. The van der Waals surface area contributed by atoms with Crippen molar-refractivity contribution < 1.29 is 4.79 Å². The van der Waals surface area contributed by atoms with E-state index in [1.54, 1.807) is 18.3 Å². The van der Waals surface area contributed by atoms with Gasteiger partial charge in [-0.05, 0) is 29.7 Å². The van der Waals surface area contributed by atoms with Crippen LogP contribution in [-0.2, 0) is 13.1 Å². The van der Waals surface area contributed by atoms with Gasteiger partial charge in [-0.15, -0.1) is 0 Å². The van der Waals surface area contributed by atoms with Crippen molar-refractivity contribution in [3.63, 3.8) is 0 Å². The molecule has 0 saturated carbocycles. The van der Waals surface area contributed by atoms with E-state index in [1.165, 1.54) is 16.2 Å². The van der Waals surface area contributed by atoms with E-state index in [0.29, 0.717) is 17.1 Å². The molecular formula is C24H24ClN3O2. The van der Waals surface area contributed by atoms with Gasteiger partial charge in [0.15, 0.2) is 0 Å². The van der Waals surface area contributed by atoms with Crippen LogP contribution in [0.15, 0.2) is 77.7 Å². The lowest BCUT2D eigenvalue weighted by Gasteiger charge is -2.17. The predicted octanol–water partition coefficient (Wildman–Crippen LogP) is 3.55. The minimum Gasteiger partial charge on any atom is -0.348 e. The van der Waals surface area contributed by atoms with Crippen molar-refractivity contribution in [3.05, 3.63) is 105 Å². The largest absolute Gasteiger partial charge is 0.348 e. The van der Waals surface area contributed by atoms with E-state index in [4.69, 9.17) is 11.6 Å². The molecule has 4 rings (SSSR count). The first-order chi connectivity index (χ1) is 14.6. The van der Waals surface area contributed by atoms with E-state index in [-0.39, 0.29) is 17.5 Å². The Labute approximate surface area is 180 Å². The molecule has 1 unspecified atom stereocenters. The number of halogens is 1. The maximum atomic E-state index is 12.8. The van der Waals surface area contributed by atoms with E-state index >= 15 is 0 Å². The van der Waals surface area contributed by atoms with Gasteiger partial charge in [0.25, 0.3) is 11.5 Å². The van der Waals surface area contributed by atoms with Crippen LogP contribution in [0.25, 0.3) is 0 Å². The minimum atomic E-state index is -0.165. The molecule has 0 bridgehead atoms. The molecule has 2 aromatic carbocycles. The lowest BCUT2D eigenvalue weighted by molar-refractivity contribution is 0.0936. The van der Waals surface area contributed by atoms with Gasteiger partial charge in [0.1, 0.15) is 0 Å². The van der Waals surface area contributed by atoms with Gasteiger partial charge in [-0.1, -0.05) is 60.1 Å². The molecule has 1 atom stereocenters. The summed E-state index contributed by atoms with van der Waals surface area (Å²) >= 11 is 6.21. The second-order valence-corrected chi connectivity index (χ2v) is 8.06.